The van der Waals surface area contributed by atoms with Crippen LogP contribution in [0.25, 0.3) is 0 Å². The van der Waals surface area contributed by atoms with E-state index < -0.39 is 10.0 Å². The summed E-state index contributed by atoms with van der Waals surface area (Å²) in [6.45, 7) is 4.76. The smallest absolute Gasteiger partial charge is 0.232 e. The quantitative estimate of drug-likeness (QED) is 0.702. The van der Waals surface area contributed by atoms with E-state index in [0.717, 1.165) is 0 Å². The molecule has 0 fully saturated rings. The number of nitrogens with one attached hydrogen (secondary N) is 2. The Balaban J connectivity index is 2.36. The first-order valence-corrected chi connectivity index (χ1v) is 7.27. The second-order valence-corrected chi connectivity index (χ2v) is 6.13. The molecule has 0 aliphatic heterocycles. The Kier molecular flexibility index (Phi) is 4.95. The third-order valence-electron chi connectivity index (χ3n) is 2.12. The number of nitrogens with zero attached hydrogens (tertiary/aromatic N) is 2. The van der Waals surface area contributed by atoms with Gasteiger partial charge in [-0.2, -0.15) is 5.10 Å². The molecule has 0 atom stereocenters. The Hall–Kier alpha value is -1.08. The molecule has 0 saturated carbocycles. The van der Waals surface area contributed by atoms with Crippen molar-refractivity contribution in [1.29, 1.82) is 0 Å². The minimum atomic E-state index is -3.26. The first-order valence-electron chi connectivity index (χ1n) is 5.61. The van der Waals surface area contributed by atoms with E-state index in [1.54, 1.807) is 17.9 Å². The highest BCUT2D eigenvalue weighted by molar-refractivity contribution is 7.92. The van der Waals surface area contributed by atoms with Crippen molar-refractivity contribution in [2.45, 2.75) is 26.3 Å². The fourth-order valence-corrected chi connectivity index (χ4v) is 2.45. The predicted octanol–water partition coefficient (Wildman–Crippen LogP) is 0.550. The maximum atomic E-state index is 11.7. The fraction of sp³-hybridized carbons (Fsp3) is 0.700. The van der Waals surface area contributed by atoms with Crippen molar-refractivity contribution < 1.29 is 8.42 Å². The molecule has 0 aliphatic rings. The third-order valence-corrected chi connectivity index (χ3v) is 3.49. The van der Waals surface area contributed by atoms with E-state index in [0.29, 0.717) is 24.7 Å². The van der Waals surface area contributed by atoms with Gasteiger partial charge < -0.3 is 5.32 Å². The molecule has 6 nitrogen and oxygen atoms in total. The topological polar surface area (TPSA) is 76.0 Å². The summed E-state index contributed by atoms with van der Waals surface area (Å²) in [4.78, 5) is 0. The number of anilines is 1. The molecule has 0 saturated heterocycles. The molecule has 0 amide bonds. The molecular formula is C10H20N4O2S. The summed E-state index contributed by atoms with van der Waals surface area (Å²) < 4.78 is 27.4. The predicted molar refractivity (Wildman–Crippen MR) is 68.4 cm³/mol. The highest BCUT2D eigenvalue weighted by Gasteiger charge is 2.10. The maximum Gasteiger partial charge on any atom is 0.232 e. The van der Waals surface area contributed by atoms with E-state index in [1.807, 2.05) is 13.8 Å². The van der Waals surface area contributed by atoms with Crippen LogP contribution in [0.1, 0.15) is 20.3 Å². The molecule has 1 rings (SSSR count). The molecular weight excluding hydrogens is 240 g/mol. The van der Waals surface area contributed by atoms with Crippen LogP contribution in [0.3, 0.4) is 0 Å². The lowest BCUT2D eigenvalue weighted by Crippen LogP contribution is -2.26. The van der Waals surface area contributed by atoms with Crippen LogP contribution >= 0.6 is 0 Å². The summed E-state index contributed by atoms with van der Waals surface area (Å²) in [5, 5.41) is 7.08. The van der Waals surface area contributed by atoms with Crippen molar-refractivity contribution in [2.75, 3.05) is 17.0 Å². The summed E-state index contributed by atoms with van der Waals surface area (Å²) in [7, 11) is -1.52. The molecule has 17 heavy (non-hydrogen) atoms. The molecule has 0 bridgehead atoms. The number of sulfonamides is 1. The van der Waals surface area contributed by atoms with Crippen molar-refractivity contribution in [3.63, 3.8) is 0 Å². The number of aryl methyl sites for hydroxylation is 1. The lowest BCUT2D eigenvalue weighted by molar-refractivity contribution is 0.571. The maximum absolute atomic E-state index is 11.7. The zero-order valence-electron chi connectivity index (χ0n) is 10.5. The Bertz CT molecular complexity index is 439. The van der Waals surface area contributed by atoms with Gasteiger partial charge in [0.1, 0.15) is 0 Å². The van der Waals surface area contributed by atoms with Gasteiger partial charge in [0, 0.05) is 19.3 Å². The summed E-state index contributed by atoms with van der Waals surface area (Å²) >= 11 is 0. The largest absolute Gasteiger partial charge is 0.314 e. The van der Waals surface area contributed by atoms with Gasteiger partial charge in [-0.25, -0.2) is 8.42 Å². The van der Waals surface area contributed by atoms with Crippen molar-refractivity contribution in [3.05, 3.63) is 12.4 Å². The molecule has 0 spiro atoms. The van der Waals surface area contributed by atoms with E-state index >= 15 is 0 Å². The fourth-order valence-electron chi connectivity index (χ4n) is 1.36. The summed E-state index contributed by atoms with van der Waals surface area (Å²) in [6, 6.07) is 0.379. The monoisotopic (exact) mass is 260 g/mol. The molecule has 0 unspecified atom stereocenters. The van der Waals surface area contributed by atoms with Gasteiger partial charge in [-0.15, -0.1) is 0 Å². The molecule has 1 aromatic heterocycles. The average molecular weight is 260 g/mol. The minimum absolute atomic E-state index is 0.113. The molecule has 0 aliphatic carbocycles. The molecule has 98 valence electrons. The number of hydrogen-bond acceptors (Lipinski definition) is 4. The van der Waals surface area contributed by atoms with Crippen LogP contribution in [0.2, 0.25) is 0 Å². The molecule has 0 aromatic carbocycles. The highest BCUT2D eigenvalue weighted by atomic mass is 32.2. The molecule has 0 radical (unpaired) electrons. The van der Waals surface area contributed by atoms with E-state index in [9.17, 15) is 8.42 Å². The van der Waals surface area contributed by atoms with Crippen LogP contribution in [0.4, 0.5) is 5.69 Å². The Labute approximate surface area is 102 Å². The zero-order chi connectivity index (χ0) is 12.9. The van der Waals surface area contributed by atoms with Gasteiger partial charge in [-0.05, 0) is 13.0 Å². The first kappa shape index (κ1) is 14.0. The van der Waals surface area contributed by atoms with Crippen molar-refractivity contribution in [3.8, 4) is 0 Å². The number of aromatic nitrogens is 2. The highest BCUT2D eigenvalue weighted by Crippen LogP contribution is 2.07. The van der Waals surface area contributed by atoms with Gasteiger partial charge in [-0.1, -0.05) is 13.8 Å². The van der Waals surface area contributed by atoms with Gasteiger partial charge in [0.15, 0.2) is 0 Å². The van der Waals surface area contributed by atoms with Gasteiger partial charge in [0.2, 0.25) is 10.0 Å². The number of rotatable bonds is 7. The van der Waals surface area contributed by atoms with Crippen LogP contribution in [0, 0.1) is 0 Å². The second-order valence-electron chi connectivity index (χ2n) is 4.29. The van der Waals surface area contributed by atoms with Crippen molar-refractivity contribution >= 4 is 15.7 Å². The summed E-state index contributed by atoms with van der Waals surface area (Å²) in [5.74, 6) is 0.113. The standard InChI is InChI=1S/C10H20N4O2S/c1-9(2)11-5-4-6-17(15,16)13-10-7-12-14(3)8-10/h7-9,11,13H,4-6H2,1-3H3. The van der Waals surface area contributed by atoms with Crippen LogP contribution in [-0.2, 0) is 17.1 Å². The normalized spacial score (nSPS) is 12.0. The van der Waals surface area contributed by atoms with E-state index in [1.165, 1.54) is 6.20 Å². The van der Waals surface area contributed by atoms with Gasteiger partial charge in [0.25, 0.3) is 0 Å². The Morgan fingerprint density at radius 1 is 1.47 bits per heavy atom. The van der Waals surface area contributed by atoms with Crippen LogP contribution < -0.4 is 10.0 Å². The number of hydrogen-bond donors (Lipinski definition) is 2. The van der Waals surface area contributed by atoms with Crippen LogP contribution in [0.5, 0.6) is 0 Å². The molecule has 1 heterocycles. The third kappa shape index (κ3) is 5.69. The van der Waals surface area contributed by atoms with Gasteiger partial charge in [0.05, 0.1) is 17.6 Å². The second kappa shape index (κ2) is 6.02. The van der Waals surface area contributed by atoms with Gasteiger partial charge in [-0.3, -0.25) is 9.40 Å². The molecule has 1 aromatic rings. The van der Waals surface area contributed by atoms with E-state index in [4.69, 9.17) is 0 Å². The Morgan fingerprint density at radius 3 is 2.71 bits per heavy atom. The zero-order valence-corrected chi connectivity index (χ0v) is 11.3. The van der Waals surface area contributed by atoms with Crippen LogP contribution in [-0.4, -0.2) is 36.5 Å². The molecule has 2 N–H and O–H groups in total. The minimum Gasteiger partial charge on any atom is -0.314 e. The summed E-state index contributed by atoms with van der Waals surface area (Å²) in [5.41, 5.74) is 0.504. The van der Waals surface area contributed by atoms with Crippen molar-refractivity contribution in [1.82, 2.24) is 15.1 Å². The summed E-state index contributed by atoms with van der Waals surface area (Å²) in [6.07, 6.45) is 3.71. The average Bonchev–Trinajstić information content (AvgIpc) is 2.57. The van der Waals surface area contributed by atoms with E-state index in [2.05, 4.69) is 15.1 Å². The van der Waals surface area contributed by atoms with Crippen LogP contribution in [0.15, 0.2) is 12.4 Å². The lowest BCUT2D eigenvalue weighted by Gasteiger charge is -2.08. The Morgan fingerprint density at radius 2 is 2.18 bits per heavy atom. The van der Waals surface area contributed by atoms with E-state index in [-0.39, 0.29) is 5.75 Å². The first-order chi connectivity index (χ1) is 7.89. The van der Waals surface area contributed by atoms with Gasteiger partial charge >= 0.3 is 0 Å². The van der Waals surface area contributed by atoms with Crippen molar-refractivity contribution in [2.24, 2.45) is 7.05 Å². The lowest BCUT2D eigenvalue weighted by atomic mass is 10.4. The molecule has 7 heteroatoms. The SMILES string of the molecule is CC(C)NCCCS(=O)(=O)Nc1cnn(C)c1.